The molecule has 0 radical (unpaired) electrons. The van der Waals surface area contributed by atoms with Crippen molar-refractivity contribution in [2.45, 2.75) is 39.5 Å². The van der Waals surface area contributed by atoms with Gasteiger partial charge in [-0.25, -0.2) is 0 Å². The second-order valence-electron chi connectivity index (χ2n) is 4.27. The first-order valence-electron chi connectivity index (χ1n) is 6.72. The van der Waals surface area contributed by atoms with E-state index in [0.29, 0.717) is 12.8 Å². The smallest absolute Gasteiger partial charge is 0.266 e. The predicted molar refractivity (Wildman–Crippen MR) is 78.4 cm³/mol. The Hall–Kier alpha value is -0.440. The lowest BCUT2D eigenvalue weighted by molar-refractivity contribution is 0.345. The molecule has 0 saturated carbocycles. The molecular weight excluding hydrogens is 304 g/mol. The Morgan fingerprint density at radius 2 is 1.10 bits per heavy atom. The van der Waals surface area contributed by atoms with E-state index in [-0.39, 0.29) is 24.7 Å². The minimum atomic E-state index is -3.48. The van der Waals surface area contributed by atoms with Crippen LogP contribution in [0, 0.1) is 0 Å². The zero-order valence-corrected chi connectivity index (χ0v) is 13.7. The molecule has 0 rings (SSSR count). The van der Waals surface area contributed by atoms with Crippen LogP contribution in [0.5, 0.6) is 0 Å². The Bertz CT molecular complexity index is 420. The molecule has 0 aromatic rings. The summed E-state index contributed by atoms with van der Waals surface area (Å²) in [6.07, 6.45) is 5.54. The number of hydrogen-bond acceptors (Lipinski definition) is 6. The van der Waals surface area contributed by atoms with E-state index in [1.807, 2.05) is 13.8 Å². The summed E-state index contributed by atoms with van der Waals surface area (Å²) in [6, 6.07) is 0. The van der Waals surface area contributed by atoms with E-state index in [1.54, 1.807) is 0 Å². The molecule has 8 heteroatoms. The molecule has 0 heterocycles. The van der Waals surface area contributed by atoms with Gasteiger partial charge in [-0.15, -0.1) is 0 Å². The first-order chi connectivity index (χ1) is 9.33. The molecule has 0 aromatic carbocycles. The monoisotopic (exact) mass is 328 g/mol. The molecule has 0 aliphatic carbocycles. The Morgan fingerprint density at radius 3 is 1.40 bits per heavy atom. The van der Waals surface area contributed by atoms with Crippen molar-refractivity contribution in [3.05, 3.63) is 12.2 Å². The summed E-state index contributed by atoms with van der Waals surface area (Å²) in [5.41, 5.74) is 0. The van der Waals surface area contributed by atoms with Crippen LogP contribution in [0.25, 0.3) is 0 Å². The maximum absolute atomic E-state index is 11.3. The average molecular weight is 328 g/mol. The number of rotatable bonds is 12. The fraction of sp³-hybridized carbons (Fsp3) is 0.833. The quantitative estimate of drug-likeness (QED) is 0.401. The maximum Gasteiger partial charge on any atom is 0.267 e. The van der Waals surface area contributed by atoms with E-state index in [2.05, 4.69) is 0 Å². The van der Waals surface area contributed by atoms with Gasteiger partial charge in [-0.05, 0) is 12.8 Å². The highest BCUT2D eigenvalue weighted by Gasteiger charge is 2.09. The molecule has 0 aliphatic rings. The summed E-state index contributed by atoms with van der Waals surface area (Å²) < 4.78 is 54.7. The van der Waals surface area contributed by atoms with Gasteiger partial charge in [0.25, 0.3) is 20.2 Å². The van der Waals surface area contributed by atoms with Gasteiger partial charge in [0, 0.05) is 0 Å². The van der Waals surface area contributed by atoms with Crippen molar-refractivity contribution in [3.63, 3.8) is 0 Å². The lowest BCUT2D eigenvalue weighted by atomic mass is 10.4. The first kappa shape index (κ1) is 19.6. The van der Waals surface area contributed by atoms with Crippen LogP contribution in [0.2, 0.25) is 0 Å². The van der Waals surface area contributed by atoms with E-state index < -0.39 is 20.2 Å². The van der Waals surface area contributed by atoms with Crippen LogP contribution in [-0.4, -0.2) is 41.6 Å². The highest BCUT2D eigenvalue weighted by atomic mass is 32.2. The maximum atomic E-state index is 11.3. The van der Waals surface area contributed by atoms with Gasteiger partial charge in [0.1, 0.15) is 0 Å². The van der Waals surface area contributed by atoms with Crippen LogP contribution in [0.3, 0.4) is 0 Å². The third-order valence-electron chi connectivity index (χ3n) is 2.35. The van der Waals surface area contributed by atoms with Gasteiger partial charge in [-0.1, -0.05) is 38.8 Å². The van der Waals surface area contributed by atoms with Crippen LogP contribution in [0.1, 0.15) is 39.5 Å². The van der Waals surface area contributed by atoms with Gasteiger partial charge in [0.15, 0.2) is 0 Å². The Kier molecular flexibility index (Phi) is 10.1. The van der Waals surface area contributed by atoms with Crippen LogP contribution >= 0.6 is 0 Å². The molecule has 0 unspecified atom stereocenters. The summed E-state index contributed by atoms with van der Waals surface area (Å²) in [4.78, 5) is 0. The largest absolute Gasteiger partial charge is 0.267 e. The molecule has 0 amide bonds. The molecule has 0 saturated heterocycles. The molecule has 0 N–H and O–H groups in total. The van der Waals surface area contributed by atoms with Crippen molar-refractivity contribution >= 4 is 20.2 Å². The van der Waals surface area contributed by atoms with Crippen molar-refractivity contribution in [2.24, 2.45) is 0 Å². The fourth-order valence-corrected chi connectivity index (χ4v) is 3.27. The van der Waals surface area contributed by atoms with Crippen LogP contribution in [0.4, 0.5) is 0 Å². The normalized spacial score (nSPS) is 13.1. The van der Waals surface area contributed by atoms with Gasteiger partial charge in [0.2, 0.25) is 0 Å². The highest BCUT2D eigenvalue weighted by molar-refractivity contribution is 7.86. The lowest BCUT2D eigenvalue weighted by Gasteiger charge is -2.03. The van der Waals surface area contributed by atoms with Crippen molar-refractivity contribution in [1.29, 1.82) is 0 Å². The van der Waals surface area contributed by atoms with Crippen LogP contribution in [-0.2, 0) is 28.6 Å². The lowest BCUT2D eigenvalue weighted by Crippen LogP contribution is -2.11. The zero-order valence-electron chi connectivity index (χ0n) is 12.1. The summed E-state index contributed by atoms with van der Waals surface area (Å²) in [5, 5.41) is 0. The van der Waals surface area contributed by atoms with Gasteiger partial charge < -0.3 is 0 Å². The molecule has 20 heavy (non-hydrogen) atoms. The second-order valence-corrected chi connectivity index (χ2v) is 7.79. The SMILES string of the molecule is CCCCS(=O)(=O)OC/C=C/COS(=O)(=O)CCCC. The van der Waals surface area contributed by atoms with Crippen molar-refractivity contribution in [1.82, 2.24) is 0 Å². The summed E-state index contributed by atoms with van der Waals surface area (Å²) in [6.45, 7) is 3.58. The Balaban J connectivity index is 3.88. The minimum absolute atomic E-state index is 0.000757. The van der Waals surface area contributed by atoms with E-state index in [4.69, 9.17) is 8.37 Å². The van der Waals surface area contributed by atoms with E-state index in [1.165, 1.54) is 12.2 Å². The minimum Gasteiger partial charge on any atom is -0.266 e. The molecule has 0 atom stereocenters. The average Bonchev–Trinajstić information content (AvgIpc) is 2.38. The molecule has 0 aliphatic heterocycles. The Labute approximate surface area is 122 Å². The van der Waals surface area contributed by atoms with E-state index in [0.717, 1.165) is 12.8 Å². The van der Waals surface area contributed by atoms with Crippen molar-refractivity contribution < 1.29 is 25.2 Å². The van der Waals surface area contributed by atoms with E-state index >= 15 is 0 Å². The summed E-state index contributed by atoms with van der Waals surface area (Å²) >= 11 is 0. The molecule has 0 bridgehead atoms. The zero-order chi connectivity index (χ0) is 15.5. The van der Waals surface area contributed by atoms with Gasteiger partial charge >= 0.3 is 0 Å². The summed E-state index contributed by atoms with van der Waals surface area (Å²) in [7, 11) is -6.96. The third kappa shape index (κ3) is 11.4. The van der Waals surface area contributed by atoms with Crippen molar-refractivity contribution in [2.75, 3.05) is 24.7 Å². The van der Waals surface area contributed by atoms with Gasteiger partial charge in [-0.2, -0.15) is 16.8 Å². The predicted octanol–water partition coefficient (Wildman–Crippen LogP) is 1.84. The fourth-order valence-electron chi connectivity index (χ4n) is 1.18. The highest BCUT2D eigenvalue weighted by Crippen LogP contribution is 2.00. The molecule has 0 aromatic heterocycles. The Morgan fingerprint density at radius 1 is 0.750 bits per heavy atom. The van der Waals surface area contributed by atoms with Crippen LogP contribution in [0.15, 0.2) is 12.2 Å². The van der Waals surface area contributed by atoms with Gasteiger partial charge in [0.05, 0.1) is 24.7 Å². The standard InChI is InChI=1S/C12H24O6S2/c1-3-5-11-19(13,14)17-9-7-8-10-18-20(15,16)12-6-4-2/h7-8H,3-6,9-12H2,1-2H3/b8-7+. The molecule has 0 fully saturated rings. The summed E-state index contributed by atoms with van der Waals surface area (Å²) in [5.74, 6) is -0.00151. The molecule has 0 spiro atoms. The van der Waals surface area contributed by atoms with Gasteiger partial charge in [-0.3, -0.25) is 8.37 Å². The first-order valence-corrected chi connectivity index (χ1v) is 9.87. The molecule has 6 nitrogen and oxygen atoms in total. The number of hydrogen-bond donors (Lipinski definition) is 0. The second kappa shape index (κ2) is 10.3. The van der Waals surface area contributed by atoms with Crippen LogP contribution < -0.4 is 0 Å². The molecule has 120 valence electrons. The third-order valence-corrected chi connectivity index (χ3v) is 4.92. The topological polar surface area (TPSA) is 86.7 Å². The van der Waals surface area contributed by atoms with E-state index in [9.17, 15) is 16.8 Å². The number of unbranched alkanes of at least 4 members (excludes halogenated alkanes) is 2. The molecular formula is C12H24O6S2. The van der Waals surface area contributed by atoms with Crippen molar-refractivity contribution in [3.8, 4) is 0 Å².